The van der Waals surface area contributed by atoms with E-state index in [4.69, 9.17) is 0 Å². The number of aromatic nitrogens is 1. The van der Waals surface area contributed by atoms with E-state index in [0.29, 0.717) is 5.69 Å². The zero-order valence-electron chi connectivity index (χ0n) is 13.4. The number of aliphatic hydroxyl groups excluding tert-OH is 1. The number of carbonyl (C=O) groups is 1. The molecule has 0 aliphatic rings. The summed E-state index contributed by atoms with van der Waals surface area (Å²) in [4.78, 5) is 16.6. The summed E-state index contributed by atoms with van der Waals surface area (Å²) >= 11 is 0. The van der Waals surface area contributed by atoms with E-state index in [2.05, 4.69) is 10.3 Å². The molecule has 0 saturated carbocycles. The number of pyridine rings is 1. The minimum Gasteiger partial charge on any atom is -0.392 e. The summed E-state index contributed by atoms with van der Waals surface area (Å²) in [5.41, 5.74) is 4.02. The highest BCUT2D eigenvalue weighted by Crippen LogP contribution is 2.17. The number of aryl methyl sites for hydroxylation is 1. The van der Waals surface area contributed by atoms with E-state index in [1.165, 1.54) is 6.08 Å². The van der Waals surface area contributed by atoms with E-state index >= 15 is 0 Å². The highest BCUT2D eigenvalue weighted by atomic mass is 16.3. The second-order valence-electron chi connectivity index (χ2n) is 5.56. The van der Waals surface area contributed by atoms with E-state index in [1.807, 2.05) is 55.5 Å². The molecule has 0 aliphatic carbocycles. The fourth-order valence-corrected chi connectivity index (χ4v) is 2.41. The SMILES string of the molecule is Cc1ccc(CO)cc1NC(=O)/C=C/c1ccc2ccccc2n1. The van der Waals surface area contributed by atoms with Crippen molar-refractivity contribution in [3.8, 4) is 0 Å². The average molecular weight is 318 g/mol. The van der Waals surface area contributed by atoms with Crippen molar-refractivity contribution in [2.24, 2.45) is 0 Å². The van der Waals surface area contributed by atoms with Crippen LogP contribution in [0.2, 0.25) is 0 Å². The van der Waals surface area contributed by atoms with Crippen LogP contribution in [0.25, 0.3) is 17.0 Å². The van der Waals surface area contributed by atoms with Gasteiger partial charge in [0.05, 0.1) is 17.8 Å². The van der Waals surface area contributed by atoms with Crippen LogP contribution in [0.5, 0.6) is 0 Å². The second kappa shape index (κ2) is 7.06. The van der Waals surface area contributed by atoms with Crippen LogP contribution in [0.1, 0.15) is 16.8 Å². The summed E-state index contributed by atoms with van der Waals surface area (Å²) in [6.45, 7) is 1.85. The zero-order valence-corrected chi connectivity index (χ0v) is 13.4. The molecule has 4 heteroatoms. The van der Waals surface area contributed by atoms with Crippen LogP contribution >= 0.6 is 0 Å². The van der Waals surface area contributed by atoms with Crippen LogP contribution in [0.4, 0.5) is 5.69 Å². The molecule has 1 amide bonds. The quantitative estimate of drug-likeness (QED) is 0.721. The largest absolute Gasteiger partial charge is 0.392 e. The summed E-state index contributed by atoms with van der Waals surface area (Å²) in [6.07, 6.45) is 3.15. The Balaban J connectivity index is 1.74. The lowest BCUT2D eigenvalue weighted by Crippen LogP contribution is -2.09. The fourth-order valence-electron chi connectivity index (χ4n) is 2.41. The number of nitrogens with one attached hydrogen (secondary N) is 1. The molecule has 0 spiro atoms. The molecular weight excluding hydrogens is 300 g/mol. The van der Waals surface area contributed by atoms with Gasteiger partial charge in [0.25, 0.3) is 0 Å². The molecule has 0 atom stereocenters. The van der Waals surface area contributed by atoms with E-state index in [1.54, 1.807) is 12.1 Å². The van der Waals surface area contributed by atoms with Gasteiger partial charge in [-0.05, 0) is 42.3 Å². The average Bonchev–Trinajstić information content (AvgIpc) is 2.61. The Morgan fingerprint density at radius 3 is 2.83 bits per heavy atom. The van der Waals surface area contributed by atoms with Gasteiger partial charge in [0.1, 0.15) is 0 Å². The highest BCUT2D eigenvalue weighted by Gasteiger charge is 2.03. The number of hydrogen-bond donors (Lipinski definition) is 2. The first-order chi connectivity index (χ1) is 11.7. The number of para-hydroxylation sites is 1. The molecule has 4 nitrogen and oxygen atoms in total. The van der Waals surface area contributed by atoms with Crippen LogP contribution in [0, 0.1) is 6.92 Å². The Labute approximate surface area is 140 Å². The van der Waals surface area contributed by atoms with Gasteiger partial charge >= 0.3 is 0 Å². The molecule has 0 unspecified atom stereocenters. The maximum Gasteiger partial charge on any atom is 0.248 e. The highest BCUT2D eigenvalue weighted by molar-refractivity contribution is 6.02. The van der Waals surface area contributed by atoms with Gasteiger partial charge in [-0.2, -0.15) is 0 Å². The molecule has 2 N–H and O–H groups in total. The topological polar surface area (TPSA) is 62.2 Å². The van der Waals surface area contributed by atoms with Gasteiger partial charge in [-0.3, -0.25) is 4.79 Å². The molecule has 24 heavy (non-hydrogen) atoms. The summed E-state index contributed by atoms with van der Waals surface area (Å²) in [5, 5.41) is 13.1. The summed E-state index contributed by atoms with van der Waals surface area (Å²) in [5.74, 6) is -0.233. The van der Waals surface area contributed by atoms with Gasteiger partial charge in [-0.25, -0.2) is 4.98 Å². The van der Waals surface area contributed by atoms with Gasteiger partial charge in [0.2, 0.25) is 5.91 Å². The number of fused-ring (bicyclic) bond motifs is 1. The minimum atomic E-state index is -0.233. The number of hydrogen-bond acceptors (Lipinski definition) is 3. The van der Waals surface area contributed by atoms with E-state index in [-0.39, 0.29) is 12.5 Å². The number of nitrogens with zero attached hydrogens (tertiary/aromatic N) is 1. The first-order valence-corrected chi connectivity index (χ1v) is 7.71. The molecule has 120 valence electrons. The molecule has 0 fully saturated rings. The van der Waals surface area contributed by atoms with Crippen LogP contribution < -0.4 is 5.32 Å². The normalized spacial score (nSPS) is 11.1. The van der Waals surface area contributed by atoms with Crippen molar-refractivity contribution >= 4 is 28.6 Å². The Bertz CT molecular complexity index is 916. The summed E-state index contributed by atoms with van der Waals surface area (Å²) < 4.78 is 0. The number of aliphatic hydroxyl groups is 1. The molecule has 1 heterocycles. The maximum atomic E-state index is 12.1. The van der Waals surface area contributed by atoms with Gasteiger partial charge in [-0.1, -0.05) is 36.4 Å². The molecule has 3 rings (SSSR count). The Hall–Kier alpha value is -2.98. The van der Waals surface area contributed by atoms with Crippen molar-refractivity contribution in [1.82, 2.24) is 4.98 Å². The van der Waals surface area contributed by atoms with E-state index in [9.17, 15) is 9.90 Å². The van der Waals surface area contributed by atoms with Crippen LogP contribution in [-0.2, 0) is 11.4 Å². The van der Waals surface area contributed by atoms with Crippen molar-refractivity contribution < 1.29 is 9.90 Å². The Morgan fingerprint density at radius 1 is 1.17 bits per heavy atom. The van der Waals surface area contributed by atoms with Gasteiger partial charge in [0, 0.05) is 17.1 Å². The smallest absolute Gasteiger partial charge is 0.248 e. The number of anilines is 1. The lowest BCUT2D eigenvalue weighted by molar-refractivity contribution is -0.111. The summed E-state index contributed by atoms with van der Waals surface area (Å²) in [6, 6.07) is 17.2. The van der Waals surface area contributed by atoms with Crippen molar-refractivity contribution in [1.29, 1.82) is 0 Å². The first kappa shape index (κ1) is 15.9. The van der Waals surface area contributed by atoms with E-state index < -0.39 is 0 Å². The lowest BCUT2D eigenvalue weighted by atomic mass is 10.1. The van der Waals surface area contributed by atoms with Crippen LogP contribution in [-0.4, -0.2) is 16.0 Å². The predicted molar refractivity (Wildman–Crippen MR) is 96.5 cm³/mol. The van der Waals surface area contributed by atoms with Gasteiger partial charge in [0.15, 0.2) is 0 Å². The summed E-state index contributed by atoms with van der Waals surface area (Å²) in [7, 11) is 0. The lowest BCUT2D eigenvalue weighted by Gasteiger charge is -2.08. The molecule has 0 saturated heterocycles. The van der Waals surface area contributed by atoms with Crippen molar-refractivity contribution in [3.05, 3.63) is 77.5 Å². The molecule has 0 radical (unpaired) electrons. The Morgan fingerprint density at radius 2 is 2.00 bits per heavy atom. The van der Waals surface area contributed by atoms with Crippen molar-refractivity contribution in [2.75, 3.05) is 5.32 Å². The van der Waals surface area contributed by atoms with Crippen molar-refractivity contribution in [2.45, 2.75) is 13.5 Å². The minimum absolute atomic E-state index is 0.0556. The standard InChI is InChI=1S/C20H18N2O2/c1-14-6-7-15(13-23)12-19(14)22-20(24)11-10-17-9-8-16-4-2-3-5-18(16)21-17/h2-12,23H,13H2,1H3,(H,22,24)/b11-10+. The third-order valence-electron chi connectivity index (χ3n) is 3.77. The molecule has 2 aromatic carbocycles. The first-order valence-electron chi connectivity index (χ1n) is 7.71. The molecule has 0 bridgehead atoms. The van der Waals surface area contributed by atoms with E-state index in [0.717, 1.165) is 27.7 Å². The third-order valence-corrected chi connectivity index (χ3v) is 3.77. The molecular formula is C20H18N2O2. The number of benzene rings is 2. The molecule has 3 aromatic rings. The monoisotopic (exact) mass is 318 g/mol. The maximum absolute atomic E-state index is 12.1. The molecule has 0 aliphatic heterocycles. The van der Waals surface area contributed by atoms with Gasteiger partial charge in [-0.15, -0.1) is 0 Å². The van der Waals surface area contributed by atoms with Crippen LogP contribution in [0.3, 0.4) is 0 Å². The zero-order chi connectivity index (χ0) is 16.9. The molecule has 1 aromatic heterocycles. The third kappa shape index (κ3) is 3.67. The van der Waals surface area contributed by atoms with Crippen LogP contribution in [0.15, 0.2) is 60.7 Å². The number of carbonyl (C=O) groups excluding carboxylic acids is 1. The van der Waals surface area contributed by atoms with Crippen molar-refractivity contribution in [3.63, 3.8) is 0 Å². The number of rotatable bonds is 4. The number of amides is 1. The van der Waals surface area contributed by atoms with Gasteiger partial charge < -0.3 is 10.4 Å². The second-order valence-corrected chi connectivity index (χ2v) is 5.56. The Kier molecular flexibility index (Phi) is 4.68. The fraction of sp³-hybridized carbons (Fsp3) is 0.100. The predicted octanol–water partition coefficient (Wildman–Crippen LogP) is 3.69.